The van der Waals surface area contributed by atoms with Gasteiger partial charge in [0.05, 0.1) is 0 Å². The highest BCUT2D eigenvalue weighted by Crippen LogP contribution is 1.91. The maximum Gasteiger partial charge on any atom is 0.222 e. The van der Waals surface area contributed by atoms with E-state index >= 15 is 0 Å². The normalized spacial score (nSPS) is 8.42. The molecular formula is C10H23NO. The minimum atomic E-state index is 0.250. The van der Waals surface area contributed by atoms with Crippen LogP contribution in [0.4, 0.5) is 0 Å². The van der Waals surface area contributed by atoms with E-state index in [2.05, 4.69) is 13.8 Å². The van der Waals surface area contributed by atoms with Crippen LogP contribution in [0.25, 0.3) is 0 Å². The van der Waals surface area contributed by atoms with E-state index in [1.54, 1.807) is 0 Å². The molecule has 0 heterocycles. The number of rotatable bonds is 3. The van der Waals surface area contributed by atoms with Crippen LogP contribution in [0.5, 0.6) is 0 Å². The zero-order chi connectivity index (χ0) is 9.98. The predicted octanol–water partition coefficient (Wildman–Crippen LogP) is 2.68. The molecular weight excluding hydrogens is 150 g/mol. The Bertz CT molecular complexity index is 98.0. The fraction of sp³-hybridized carbons (Fsp3) is 0.900. The average Bonchev–Trinajstić information content (AvgIpc) is 2.08. The van der Waals surface area contributed by atoms with Crippen molar-refractivity contribution in [3.8, 4) is 0 Å². The van der Waals surface area contributed by atoms with Crippen LogP contribution in [0.1, 0.15) is 47.5 Å². The Hall–Kier alpha value is -0.530. The third-order valence-electron chi connectivity index (χ3n) is 1.42. The number of nitrogens with zero attached hydrogens (tertiary/aromatic N) is 1. The Balaban J connectivity index is 0. The molecule has 0 aliphatic heterocycles. The Labute approximate surface area is 77.0 Å². The first-order valence-electron chi connectivity index (χ1n) is 4.95. The lowest BCUT2D eigenvalue weighted by molar-refractivity contribution is -0.130. The third kappa shape index (κ3) is 7.58. The highest BCUT2D eigenvalue weighted by Gasteiger charge is 2.03. The zero-order valence-corrected chi connectivity index (χ0v) is 9.18. The first kappa shape index (κ1) is 14.0. The van der Waals surface area contributed by atoms with Gasteiger partial charge >= 0.3 is 0 Å². The van der Waals surface area contributed by atoms with Gasteiger partial charge in [0.15, 0.2) is 0 Å². The Morgan fingerprint density at radius 2 is 1.33 bits per heavy atom. The molecule has 1 amide bonds. The second-order valence-corrected chi connectivity index (χ2v) is 2.63. The summed E-state index contributed by atoms with van der Waals surface area (Å²) in [5, 5.41) is 0. The second kappa shape index (κ2) is 10.5. The monoisotopic (exact) mass is 173 g/mol. The second-order valence-electron chi connectivity index (χ2n) is 2.63. The van der Waals surface area contributed by atoms with E-state index in [4.69, 9.17) is 0 Å². The lowest BCUT2D eigenvalue weighted by Gasteiger charge is -2.16. The molecule has 0 saturated carbocycles. The molecule has 0 rings (SSSR count). The van der Waals surface area contributed by atoms with Gasteiger partial charge in [-0.05, 0) is 13.8 Å². The Morgan fingerprint density at radius 3 is 1.42 bits per heavy atom. The van der Waals surface area contributed by atoms with Crippen molar-refractivity contribution in [2.75, 3.05) is 13.1 Å². The van der Waals surface area contributed by atoms with Crippen molar-refractivity contribution < 1.29 is 4.79 Å². The van der Waals surface area contributed by atoms with E-state index < -0.39 is 0 Å². The summed E-state index contributed by atoms with van der Waals surface area (Å²) in [6.45, 7) is 11.8. The molecule has 2 heteroatoms. The fourth-order valence-electron chi connectivity index (χ4n) is 0.800. The van der Waals surface area contributed by atoms with Gasteiger partial charge in [0.25, 0.3) is 0 Å². The standard InChI is InChI=1S/C7H15NO.C3H8/c1-4-7(9)8(5-2)6-3;1-3-2/h4-6H2,1-3H3;3H2,1-2H3. The fourth-order valence-corrected chi connectivity index (χ4v) is 0.800. The summed E-state index contributed by atoms with van der Waals surface area (Å²) in [4.78, 5) is 12.7. The largest absolute Gasteiger partial charge is 0.343 e. The number of amides is 1. The smallest absolute Gasteiger partial charge is 0.222 e. The molecule has 0 saturated heterocycles. The van der Waals surface area contributed by atoms with E-state index in [1.807, 2.05) is 25.7 Å². The quantitative estimate of drug-likeness (QED) is 0.642. The molecule has 0 fully saturated rings. The van der Waals surface area contributed by atoms with E-state index in [0.29, 0.717) is 6.42 Å². The van der Waals surface area contributed by atoms with Crippen molar-refractivity contribution in [2.45, 2.75) is 47.5 Å². The van der Waals surface area contributed by atoms with Gasteiger partial charge in [0.1, 0.15) is 0 Å². The molecule has 0 N–H and O–H groups in total. The van der Waals surface area contributed by atoms with E-state index in [9.17, 15) is 4.79 Å². The molecule has 0 unspecified atom stereocenters. The van der Waals surface area contributed by atoms with Gasteiger partial charge in [-0.15, -0.1) is 0 Å². The van der Waals surface area contributed by atoms with E-state index in [-0.39, 0.29) is 5.91 Å². The molecule has 0 aliphatic carbocycles. The predicted molar refractivity (Wildman–Crippen MR) is 54.2 cm³/mol. The SMILES string of the molecule is CCC.CCC(=O)N(CC)CC. The summed E-state index contributed by atoms with van der Waals surface area (Å²) in [5.74, 6) is 0.250. The number of carbonyl (C=O) groups excluding carboxylic acids is 1. The molecule has 0 aromatic heterocycles. The number of carbonyl (C=O) groups is 1. The Kier molecular flexibility index (Phi) is 12.2. The molecule has 0 atom stereocenters. The van der Waals surface area contributed by atoms with E-state index in [0.717, 1.165) is 13.1 Å². The third-order valence-corrected chi connectivity index (χ3v) is 1.42. The maximum absolute atomic E-state index is 10.9. The number of hydrogen-bond acceptors (Lipinski definition) is 1. The minimum Gasteiger partial charge on any atom is -0.343 e. The van der Waals surface area contributed by atoms with Crippen LogP contribution in [0.3, 0.4) is 0 Å². The molecule has 74 valence electrons. The van der Waals surface area contributed by atoms with Crippen LogP contribution in [-0.2, 0) is 4.79 Å². The topological polar surface area (TPSA) is 20.3 Å². The van der Waals surface area contributed by atoms with Crippen LogP contribution >= 0.6 is 0 Å². The lowest BCUT2D eigenvalue weighted by Crippen LogP contribution is -2.29. The highest BCUT2D eigenvalue weighted by atomic mass is 16.2. The van der Waals surface area contributed by atoms with Crippen molar-refractivity contribution in [1.82, 2.24) is 4.90 Å². The maximum atomic E-state index is 10.9. The first-order valence-corrected chi connectivity index (χ1v) is 4.95. The lowest BCUT2D eigenvalue weighted by atomic mass is 10.4. The molecule has 2 nitrogen and oxygen atoms in total. The van der Waals surface area contributed by atoms with Gasteiger partial charge in [0, 0.05) is 19.5 Å². The molecule has 0 aromatic rings. The van der Waals surface area contributed by atoms with Gasteiger partial charge in [-0.2, -0.15) is 0 Å². The van der Waals surface area contributed by atoms with Crippen LogP contribution in [0, 0.1) is 0 Å². The van der Waals surface area contributed by atoms with Gasteiger partial charge in [-0.1, -0.05) is 27.2 Å². The van der Waals surface area contributed by atoms with Gasteiger partial charge < -0.3 is 4.90 Å². The molecule has 0 spiro atoms. The summed E-state index contributed by atoms with van der Waals surface area (Å²) in [6.07, 6.45) is 1.88. The van der Waals surface area contributed by atoms with Crippen molar-refractivity contribution in [3.05, 3.63) is 0 Å². The first-order chi connectivity index (χ1) is 5.67. The van der Waals surface area contributed by atoms with Crippen LogP contribution < -0.4 is 0 Å². The summed E-state index contributed by atoms with van der Waals surface area (Å²) in [6, 6.07) is 0. The van der Waals surface area contributed by atoms with Gasteiger partial charge in [-0.3, -0.25) is 4.79 Å². The zero-order valence-electron chi connectivity index (χ0n) is 9.18. The number of hydrogen-bond donors (Lipinski definition) is 0. The highest BCUT2D eigenvalue weighted by molar-refractivity contribution is 5.75. The van der Waals surface area contributed by atoms with Crippen molar-refractivity contribution in [2.24, 2.45) is 0 Å². The molecule has 0 aliphatic rings. The minimum absolute atomic E-state index is 0.250. The van der Waals surface area contributed by atoms with Crippen LogP contribution in [0.2, 0.25) is 0 Å². The molecule has 12 heavy (non-hydrogen) atoms. The van der Waals surface area contributed by atoms with Gasteiger partial charge in [0.2, 0.25) is 5.91 Å². The summed E-state index contributed by atoms with van der Waals surface area (Å²) >= 11 is 0. The van der Waals surface area contributed by atoms with Crippen LogP contribution in [0.15, 0.2) is 0 Å². The van der Waals surface area contributed by atoms with Crippen molar-refractivity contribution in [3.63, 3.8) is 0 Å². The van der Waals surface area contributed by atoms with Gasteiger partial charge in [-0.25, -0.2) is 0 Å². The summed E-state index contributed by atoms with van der Waals surface area (Å²) < 4.78 is 0. The van der Waals surface area contributed by atoms with E-state index in [1.165, 1.54) is 6.42 Å². The summed E-state index contributed by atoms with van der Waals surface area (Å²) in [5.41, 5.74) is 0. The van der Waals surface area contributed by atoms with Crippen molar-refractivity contribution in [1.29, 1.82) is 0 Å². The van der Waals surface area contributed by atoms with Crippen LogP contribution in [-0.4, -0.2) is 23.9 Å². The molecule has 0 bridgehead atoms. The average molecular weight is 173 g/mol. The summed E-state index contributed by atoms with van der Waals surface area (Å²) in [7, 11) is 0. The Morgan fingerprint density at radius 1 is 1.00 bits per heavy atom. The van der Waals surface area contributed by atoms with Crippen molar-refractivity contribution >= 4 is 5.91 Å². The molecule has 0 aromatic carbocycles. The molecule has 0 radical (unpaired) electrons.